The molecule has 0 aliphatic carbocycles. The lowest BCUT2D eigenvalue weighted by Crippen LogP contribution is -2.14. The molecule has 35 heavy (non-hydrogen) atoms. The normalized spacial score (nSPS) is 11.4. The Morgan fingerprint density at radius 1 is 1.06 bits per heavy atom. The molecule has 0 radical (unpaired) electrons. The minimum absolute atomic E-state index is 0.155. The van der Waals surface area contributed by atoms with Gasteiger partial charge in [0.2, 0.25) is 0 Å². The number of aromatic nitrogens is 3. The minimum Gasteiger partial charge on any atom is -0.494 e. The molecule has 0 bridgehead atoms. The Balaban J connectivity index is 1.60. The van der Waals surface area contributed by atoms with Gasteiger partial charge >= 0.3 is 0 Å². The van der Waals surface area contributed by atoms with Gasteiger partial charge in [-0.05, 0) is 73.5 Å². The number of aryl methyl sites for hydroxylation is 1. The third kappa shape index (κ3) is 4.41. The van der Waals surface area contributed by atoms with E-state index in [-0.39, 0.29) is 17.3 Å². The van der Waals surface area contributed by atoms with Crippen LogP contribution in [-0.2, 0) is 0 Å². The molecule has 0 aliphatic heterocycles. The highest BCUT2D eigenvalue weighted by Crippen LogP contribution is 2.29. The van der Waals surface area contributed by atoms with Crippen molar-refractivity contribution in [3.8, 4) is 5.75 Å². The lowest BCUT2D eigenvalue weighted by Gasteiger charge is -2.06. The van der Waals surface area contributed by atoms with E-state index in [0.29, 0.717) is 34.5 Å². The summed E-state index contributed by atoms with van der Waals surface area (Å²) in [5, 5.41) is 7.47. The molecule has 0 fully saturated rings. The van der Waals surface area contributed by atoms with Gasteiger partial charge in [-0.25, -0.2) is 9.97 Å². The lowest BCUT2D eigenvalue weighted by molar-refractivity contribution is 0.102. The molecule has 2 heterocycles. The van der Waals surface area contributed by atoms with Crippen LogP contribution >= 0.6 is 0 Å². The fraction of sp³-hybridized carbons (Fsp3) is 0.111. The number of nitrogens with one attached hydrogen (secondary N) is 1. The summed E-state index contributed by atoms with van der Waals surface area (Å²) in [7, 11) is 0. The summed E-state index contributed by atoms with van der Waals surface area (Å²) >= 11 is 0. The predicted octanol–water partition coefficient (Wildman–Crippen LogP) is 5.01. The zero-order valence-electron chi connectivity index (χ0n) is 19.4. The Morgan fingerprint density at radius 2 is 1.80 bits per heavy atom. The topological polar surface area (TPSA) is 107 Å². The molecular weight excluding hydrogens is 440 g/mol. The number of hydrogen-bond acceptors (Lipinski definition) is 6. The largest absolute Gasteiger partial charge is 0.494 e. The van der Waals surface area contributed by atoms with Gasteiger partial charge in [0, 0.05) is 5.69 Å². The molecule has 0 saturated carbocycles. The van der Waals surface area contributed by atoms with Crippen molar-refractivity contribution in [3.63, 3.8) is 0 Å². The van der Waals surface area contributed by atoms with Crippen LogP contribution in [0.4, 0.5) is 11.5 Å². The van der Waals surface area contributed by atoms with Crippen LogP contribution in [0.25, 0.3) is 22.2 Å². The molecule has 8 heteroatoms. The van der Waals surface area contributed by atoms with Crippen LogP contribution in [-0.4, -0.2) is 33.4 Å². The fourth-order valence-electron chi connectivity index (χ4n) is 3.85. The summed E-state index contributed by atoms with van der Waals surface area (Å²) in [6.07, 6.45) is 1.66. The predicted molar refractivity (Wildman–Crippen MR) is 139 cm³/mol. The van der Waals surface area contributed by atoms with E-state index in [1.54, 1.807) is 6.21 Å². The number of carbonyl (C=O) groups is 1. The van der Waals surface area contributed by atoms with E-state index in [1.165, 1.54) is 4.68 Å². The van der Waals surface area contributed by atoms with Crippen molar-refractivity contribution in [2.45, 2.75) is 13.8 Å². The molecule has 1 amide bonds. The van der Waals surface area contributed by atoms with Crippen LogP contribution in [0, 0.1) is 6.92 Å². The van der Waals surface area contributed by atoms with Crippen molar-refractivity contribution in [3.05, 3.63) is 89.5 Å². The van der Waals surface area contributed by atoms with E-state index >= 15 is 0 Å². The Hall–Kier alpha value is -4.72. The van der Waals surface area contributed by atoms with Gasteiger partial charge in [0.15, 0.2) is 5.65 Å². The number of carbonyl (C=O) groups excluding carboxylic acids is 1. The summed E-state index contributed by atoms with van der Waals surface area (Å²) in [5.74, 6) is 0.559. The molecule has 3 aromatic carbocycles. The molecule has 0 spiro atoms. The number of nitrogens with zero attached hydrogens (tertiary/aromatic N) is 4. The van der Waals surface area contributed by atoms with Crippen molar-refractivity contribution in [1.29, 1.82) is 0 Å². The van der Waals surface area contributed by atoms with E-state index in [0.717, 1.165) is 16.9 Å². The van der Waals surface area contributed by atoms with E-state index < -0.39 is 0 Å². The first kappa shape index (κ1) is 22.1. The number of nitrogen functional groups attached to an aromatic ring is 1. The number of fused-ring (bicyclic) bond motifs is 2. The summed E-state index contributed by atoms with van der Waals surface area (Å²) in [6.45, 7) is 4.50. The van der Waals surface area contributed by atoms with Gasteiger partial charge in [0.25, 0.3) is 5.91 Å². The van der Waals surface area contributed by atoms with Gasteiger partial charge in [-0.1, -0.05) is 24.3 Å². The molecule has 5 aromatic rings. The first-order chi connectivity index (χ1) is 17.0. The number of para-hydroxylation sites is 2. The molecule has 3 N–H and O–H groups in total. The molecule has 0 aliphatic rings. The lowest BCUT2D eigenvalue weighted by atomic mass is 10.2. The van der Waals surface area contributed by atoms with Crippen LogP contribution in [0.2, 0.25) is 0 Å². The van der Waals surface area contributed by atoms with Crippen molar-refractivity contribution in [1.82, 2.24) is 14.6 Å². The SMILES string of the molecule is CCOc1ccc(/C=N/n2c(N)c(C(=O)Nc3cccc(C)c3)c3nc4ccccc4nc32)cc1. The molecule has 0 saturated heterocycles. The third-order valence-electron chi connectivity index (χ3n) is 5.49. The molecular formula is C27H24N6O2. The summed E-state index contributed by atoms with van der Waals surface area (Å²) in [5.41, 5.74) is 11.4. The molecule has 174 valence electrons. The van der Waals surface area contributed by atoms with E-state index in [4.69, 9.17) is 20.4 Å². The first-order valence-corrected chi connectivity index (χ1v) is 11.3. The molecule has 8 nitrogen and oxygen atoms in total. The fourth-order valence-corrected chi connectivity index (χ4v) is 3.85. The Morgan fingerprint density at radius 3 is 2.51 bits per heavy atom. The summed E-state index contributed by atoms with van der Waals surface area (Å²) < 4.78 is 6.95. The number of ether oxygens (including phenoxy) is 1. The van der Waals surface area contributed by atoms with Crippen LogP contribution < -0.4 is 15.8 Å². The van der Waals surface area contributed by atoms with Gasteiger partial charge in [-0.15, -0.1) is 0 Å². The highest BCUT2D eigenvalue weighted by atomic mass is 16.5. The standard InChI is InChI=1S/C27H24N6O2/c1-3-35-20-13-11-18(12-14-20)16-29-33-25(28)23(27(34)30-19-8-6-7-17(2)15-19)24-26(33)32-22-10-5-4-9-21(22)31-24/h4-16H,3,28H2,1-2H3,(H,30,34)/b29-16+. The zero-order chi connectivity index (χ0) is 24.4. The Bertz CT molecular complexity index is 1570. The van der Waals surface area contributed by atoms with Gasteiger partial charge in [-0.2, -0.15) is 9.78 Å². The maximum absolute atomic E-state index is 13.3. The number of anilines is 2. The van der Waals surface area contributed by atoms with Gasteiger partial charge in [0.05, 0.1) is 23.9 Å². The summed E-state index contributed by atoms with van der Waals surface area (Å²) in [4.78, 5) is 22.8. The quantitative estimate of drug-likeness (QED) is 0.344. The second-order valence-corrected chi connectivity index (χ2v) is 8.03. The maximum Gasteiger partial charge on any atom is 0.261 e. The number of amides is 1. The molecule has 0 atom stereocenters. The Kier molecular flexibility index (Phi) is 5.85. The van der Waals surface area contributed by atoms with Gasteiger partial charge < -0.3 is 15.8 Å². The van der Waals surface area contributed by atoms with Gasteiger partial charge in [0.1, 0.15) is 22.6 Å². The second-order valence-electron chi connectivity index (χ2n) is 8.03. The van der Waals surface area contributed by atoms with Crippen LogP contribution in [0.3, 0.4) is 0 Å². The highest BCUT2D eigenvalue weighted by Gasteiger charge is 2.24. The summed E-state index contributed by atoms with van der Waals surface area (Å²) in [6, 6.07) is 22.5. The van der Waals surface area contributed by atoms with Crippen LogP contribution in [0.5, 0.6) is 5.75 Å². The van der Waals surface area contributed by atoms with Crippen molar-refractivity contribution in [2.24, 2.45) is 5.10 Å². The van der Waals surface area contributed by atoms with E-state index in [1.807, 2.05) is 86.6 Å². The smallest absolute Gasteiger partial charge is 0.261 e. The molecule has 5 rings (SSSR count). The first-order valence-electron chi connectivity index (χ1n) is 11.3. The van der Waals surface area contributed by atoms with E-state index in [2.05, 4.69) is 10.4 Å². The number of benzene rings is 3. The Labute approximate surface area is 202 Å². The monoisotopic (exact) mass is 464 g/mol. The van der Waals surface area contributed by atoms with E-state index in [9.17, 15) is 4.79 Å². The average Bonchev–Trinajstić information content (AvgIpc) is 3.12. The average molecular weight is 465 g/mol. The van der Waals surface area contributed by atoms with Crippen molar-refractivity contribution < 1.29 is 9.53 Å². The number of nitrogens with two attached hydrogens (primary N) is 1. The maximum atomic E-state index is 13.3. The number of hydrogen-bond donors (Lipinski definition) is 2. The zero-order valence-corrected chi connectivity index (χ0v) is 19.4. The van der Waals surface area contributed by atoms with Crippen molar-refractivity contribution >= 4 is 45.8 Å². The van der Waals surface area contributed by atoms with Crippen LogP contribution in [0.15, 0.2) is 77.9 Å². The highest BCUT2D eigenvalue weighted by molar-refractivity contribution is 6.16. The van der Waals surface area contributed by atoms with Crippen molar-refractivity contribution in [2.75, 3.05) is 17.7 Å². The second kappa shape index (κ2) is 9.26. The minimum atomic E-state index is -0.377. The molecule has 2 aromatic heterocycles. The molecule has 0 unspecified atom stereocenters. The van der Waals surface area contributed by atoms with Gasteiger partial charge in [-0.3, -0.25) is 4.79 Å². The number of rotatable bonds is 6. The third-order valence-corrected chi connectivity index (χ3v) is 5.49. The van der Waals surface area contributed by atoms with Crippen LogP contribution in [0.1, 0.15) is 28.4 Å².